The maximum atomic E-state index is 14.6. The highest BCUT2D eigenvalue weighted by atomic mass is 19.4. The van der Waals surface area contributed by atoms with Crippen LogP contribution in [0.4, 0.5) is 17.6 Å². The fourth-order valence-electron chi connectivity index (χ4n) is 3.02. The van der Waals surface area contributed by atoms with Crippen molar-refractivity contribution in [3.05, 3.63) is 70.3 Å². The van der Waals surface area contributed by atoms with Crippen LogP contribution in [0.3, 0.4) is 0 Å². The number of fused-ring (bicyclic) bond motifs is 1. The van der Waals surface area contributed by atoms with Crippen LogP contribution in [0.2, 0.25) is 0 Å². The number of benzene rings is 2. The second-order valence-electron chi connectivity index (χ2n) is 6.28. The van der Waals surface area contributed by atoms with Gasteiger partial charge in [0.1, 0.15) is 0 Å². The Balaban J connectivity index is 1.76. The highest BCUT2D eigenvalue weighted by Gasteiger charge is 2.32. The molecule has 0 bridgehead atoms. The van der Waals surface area contributed by atoms with Gasteiger partial charge in [0.25, 0.3) is 5.91 Å². The topological polar surface area (TPSA) is 57.6 Å². The van der Waals surface area contributed by atoms with Crippen LogP contribution in [0, 0.1) is 0 Å². The number of halogens is 4. The van der Waals surface area contributed by atoms with Gasteiger partial charge < -0.3 is 10.0 Å². The second-order valence-corrected chi connectivity index (χ2v) is 6.28. The Morgan fingerprint density at radius 2 is 1.70 bits per heavy atom. The van der Waals surface area contributed by atoms with E-state index in [-0.39, 0.29) is 24.2 Å². The standard InChI is InChI=1S/C19H15F4NO3/c20-16(12-3-5-15(6-4-12)19(21,22)23)17(25)24-8-7-11-1-2-13(18(26)27)9-14(11)10-24/h1-6,9,16H,7-8,10H2,(H,26,27). The summed E-state index contributed by atoms with van der Waals surface area (Å²) in [6.45, 7) is 0.301. The van der Waals surface area contributed by atoms with E-state index >= 15 is 0 Å². The van der Waals surface area contributed by atoms with E-state index in [1.807, 2.05) is 0 Å². The normalized spacial score (nSPS) is 15.2. The Kier molecular flexibility index (Phi) is 4.91. The second kappa shape index (κ2) is 7.02. The molecule has 0 fully saturated rings. The molecule has 1 heterocycles. The van der Waals surface area contributed by atoms with Crippen LogP contribution in [0.15, 0.2) is 42.5 Å². The third-order valence-electron chi connectivity index (χ3n) is 4.52. The van der Waals surface area contributed by atoms with Crippen LogP contribution < -0.4 is 0 Å². The van der Waals surface area contributed by atoms with Crippen molar-refractivity contribution in [3.63, 3.8) is 0 Å². The van der Waals surface area contributed by atoms with Gasteiger partial charge in [0.15, 0.2) is 0 Å². The van der Waals surface area contributed by atoms with Crippen molar-refractivity contribution < 1.29 is 32.3 Å². The largest absolute Gasteiger partial charge is 0.478 e. The summed E-state index contributed by atoms with van der Waals surface area (Å²) in [5.41, 5.74) is 0.503. The van der Waals surface area contributed by atoms with Crippen LogP contribution in [0.1, 0.15) is 38.8 Å². The number of carboxylic acids is 1. The molecule has 0 saturated heterocycles. The molecule has 1 aliphatic rings. The van der Waals surface area contributed by atoms with E-state index in [0.717, 1.165) is 29.8 Å². The molecule has 1 unspecified atom stereocenters. The third-order valence-corrected chi connectivity index (χ3v) is 4.52. The fourth-order valence-corrected chi connectivity index (χ4v) is 3.02. The summed E-state index contributed by atoms with van der Waals surface area (Å²) in [6, 6.07) is 7.96. The van der Waals surface area contributed by atoms with Crippen LogP contribution in [0.5, 0.6) is 0 Å². The molecular formula is C19H15F4NO3. The van der Waals surface area contributed by atoms with Crippen LogP contribution >= 0.6 is 0 Å². The molecule has 0 aromatic heterocycles. The van der Waals surface area contributed by atoms with Gasteiger partial charge >= 0.3 is 12.1 Å². The molecule has 1 atom stereocenters. The molecule has 142 valence electrons. The summed E-state index contributed by atoms with van der Waals surface area (Å²) in [6.07, 6.45) is -6.18. The average Bonchev–Trinajstić information content (AvgIpc) is 2.65. The Morgan fingerprint density at radius 1 is 1.04 bits per heavy atom. The zero-order valence-corrected chi connectivity index (χ0v) is 14.0. The summed E-state index contributed by atoms with van der Waals surface area (Å²) in [7, 11) is 0. The van der Waals surface area contributed by atoms with Crippen molar-refractivity contribution in [1.29, 1.82) is 0 Å². The van der Waals surface area contributed by atoms with Crippen molar-refractivity contribution in [2.75, 3.05) is 6.54 Å². The number of carbonyl (C=O) groups is 2. The molecule has 1 N–H and O–H groups in total. The molecule has 0 spiro atoms. The number of alkyl halides is 4. The summed E-state index contributed by atoms with van der Waals surface area (Å²) >= 11 is 0. The molecule has 4 nitrogen and oxygen atoms in total. The zero-order valence-electron chi connectivity index (χ0n) is 14.0. The van der Waals surface area contributed by atoms with Gasteiger partial charge in [-0.3, -0.25) is 4.79 Å². The van der Waals surface area contributed by atoms with E-state index in [1.165, 1.54) is 17.0 Å². The minimum atomic E-state index is -4.53. The predicted octanol–water partition coefficient (Wildman–Crippen LogP) is 4.00. The lowest BCUT2D eigenvalue weighted by molar-refractivity contribution is -0.137. The predicted molar refractivity (Wildman–Crippen MR) is 87.8 cm³/mol. The SMILES string of the molecule is O=C(O)c1ccc2c(c1)CN(C(=O)C(F)c1ccc(C(F)(F)F)cc1)CC2. The number of hydrogen-bond acceptors (Lipinski definition) is 2. The van der Waals surface area contributed by atoms with Gasteiger partial charge in [-0.1, -0.05) is 18.2 Å². The minimum Gasteiger partial charge on any atom is -0.478 e. The molecule has 2 aromatic rings. The molecule has 1 aliphatic heterocycles. The number of rotatable bonds is 3. The lowest BCUT2D eigenvalue weighted by Crippen LogP contribution is -2.38. The highest BCUT2D eigenvalue weighted by Crippen LogP contribution is 2.31. The third kappa shape index (κ3) is 3.94. The van der Waals surface area contributed by atoms with Crippen molar-refractivity contribution in [2.24, 2.45) is 0 Å². The molecular weight excluding hydrogens is 366 g/mol. The van der Waals surface area contributed by atoms with Crippen LogP contribution in [-0.2, 0) is 23.9 Å². The minimum absolute atomic E-state index is 0.0519. The summed E-state index contributed by atoms with van der Waals surface area (Å²) < 4.78 is 52.3. The molecule has 27 heavy (non-hydrogen) atoms. The van der Waals surface area contributed by atoms with E-state index in [1.54, 1.807) is 6.07 Å². The maximum absolute atomic E-state index is 14.6. The number of carboxylic acid groups (broad SMARTS) is 1. The van der Waals surface area contributed by atoms with Gasteiger partial charge in [-0.15, -0.1) is 0 Å². The molecule has 0 saturated carbocycles. The number of carbonyl (C=O) groups excluding carboxylic acids is 1. The first-order valence-electron chi connectivity index (χ1n) is 8.12. The van der Waals surface area contributed by atoms with Crippen molar-refractivity contribution in [1.82, 2.24) is 4.90 Å². The highest BCUT2D eigenvalue weighted by molar-refractivity contribution is 5.88. The Morgan fingerprint density at radius 3 is 2.30 bits per heavy atom. The van der Waals surface area contributed by atoms with E-state index in [4.69, 9.17) is 5.11 Å². The van der Waals surface area contributed by atoms with E-state index < -0.39 is 29.8 Å². The molecule has 0 radical (unpaired) electrons. The van der Waals surface area contributed by atoms with Gasteiger partial charge in [-0.25, -0.2) is 9.18 Å². The van der Waals surface area contributed by atoms with E-state index in [0.29, 0.717) is 12.0 Å². The van der Waals surface area contributed by atoms with Gasteiger partial charge in [-0.2, -0.15) is 13.2 Å². The first-order valence-corrected chi connectivity index (χ1v) is 8.12. The number of nitrogens with zero attached hydrogens (tertiary/aromatic N) is 1. The number of hydrogen-bond donors (Lipinski definition) is 1. The molecule has 2 aromatic carbocycles. The van der Waals surface area contributed by atoms with Gasteiger partial charge in [0, 0.05) is 13.1 Å². The summed E-state index contributed by atoms with van der Waals surface area (Å²) in [5.74, 6) is -1.96. The van der Waals surface area contributed by atoms with Gasteiger partial charge in [0.05, 0.1) is 11.1 Å². The molecule has 0 aliphatic carbocycles. The number of amides is 1. The Bertz CT molecular complexity index is 878. The quantitative estimate of drug-likeness (QED) is 0.818. The Hall–Kier alpha value is -2.90. The molecule has 3 rings (SSSR count). The van der Waals surface area contributed by atoms with E-state index in [2.05, 4.69) is 0 Å². The fraction of sp³-hybridized carbons (Fsp3) is 0.263. The summed E-state index contributed by atoms with van der Waals surface area (Å²) in [5, 5.41) is 9.06. The first-order chi connectivity index (χ1) is 12.7. The summed E-state index contributed by atoms with van der Waals surface area (Å²) in [4.78, 5) is 24.7. The number of aromatic carboxylic acids is 1. The monoisotopic (exact) mass is 381 g/mol. The van der Waals surface area contributed by atoms with Gasteiger partial charge in [-0.05, 0) is 47.4 Å². The average molecular weight is 381 g/mol. The lowest BCUT2D eigenvalue weighted by atomic mass is 9.96. The maximum Gasteiger partial charge on any atom is 0.416 e. The van der Waals surface area contributed by atoms with Gasteiger partial charge in [0.2, 0.25) is 6.17 Å². The van der Waals surface area contributed by atoms with Crippen LogP contribution in [-0.4, -0.2) is 28.4 Å². The first kappa shape index (κ1) is 18.9. The molecule has 1 amide bonds. The van der Waals surface area contributed by atoms with Crippen molar-refractivity contribution >= 4 is 11.9 Å². The van der Waals surface area contributed by atoms with E-state index in [9.17, 15) is 27.2 Å². The van der Waals surface area contributed by atoms with Crippen LogP contribution in [0.25, 0.3) is 0 Å². The van der Waals surface area contributed by atoms with Crippen molar-refractivity contribution in [2.45, 2.75) is 25.3 Å². The Labute approximate surface area is 152 Å². The molecule has 8 heteroatoms. The lowest BCUT2D eigenvalue weighted by Gasteiger charge is -2.30. The smallest absolute Gasteiger partial charge is 0.416 e. The van der Waals surface area contributed by atoms with Crippen molar-refractivity contribution in [3.8, 4) is 0 Å². The zero-order chi connectivity index (χ0) is 19.8.